The molecule has 3 aromatic carbocycles. The maximum atomic E-state index is 10.8. The van der Waals surface area contributed by atoms with Gasteiger partial charge < -0.3 is 9.84 Å². The van der Waals surface area contributed by atoms with E-state index in [0.717, 1.165) is 33.2 Å². The smallest absolute Gasteiger partial charge is 0.118 e. The number of hydrogen-bond donors (Lipinski definition) is 1. The largest absolute Gasteiger partial charge is 0.497 e. The Balaban J connectivity index is 2.12. The maximum Gasteiger partial charge on any atom is 0.118 e. The van der Waals surface area contributed by atoms with E-state index < -0.39 is 6.10 Å². The van der Waals surface area contributed by atoms with Crippen LogP contribution in [0.1, 0.15) is 22.8 Å². The third-order valence-corrected chi connectivity index (χ3v) is 3.89. The topological polar surface area (TPSA) is 29.5 Å². The Bertz CT molecular complexity index is 760. The first-order chi connectivity index (χ1) is 10.2. The molecule has 0 fully saturated rings. The average Bonchev–Trinajstić information content (AvgIpc) is 2.54. The Hall–Kier alpha value is -2.32. The number of aryl methyl sites for hydroxylation is 1. The minimum atomic E-state index is -0.637. The van der Waals surface area contributed by atoms with Gasteiger partial charge in [-0.05, 0) is 46.5 Å². The van der Waals surface area contributed by atoms with Crippen molar-refractivity contribution in [3.05, 3.63) is 77.4 Å². The molecule has 0 unspecified atom stereocenters. The molecule has 0 aliphatic rings. The zero-order valence-corrected chi connectivity index (χ0v) is 12.2. The van der Waals surface area contributed by atoms with E-state index in [0.29, 0.717) is 0 Å². The number of methoxy groups -OCH3 is 1. The minimum absolute atomic E-state index is 0.637. The second kappa shape index (κ2) is 5.58. The maximum absolute atomic E-state index is 10.8. The number of benzene rings is 3. The molecule has 21 heavy (non-hydrogen) atoms. The Labute approximate surface area is 124 Å². The van der Waals surface area contributed by atoms with Crippen molar-refractivity contribution in [2.75, 3.05) is 7.11 Å². The molecule has 106 valence electrons. The van der Waals surface area contributed by atoms with Gasteiger partial charge in [0.1, 0.15) is 11.9 Å². The van der Waals surface area contributed by atoms with Crippen molar-refractivity contribution in [1.29, 1.82) is 0 Å². The lowest BCUT2D eigenvalue weighted by Gasteiger charge is -2.17. The molecule has 0 spiro atoms. The van der Waals surface area contributed by atoms with Gasteiger partial charge in [-0.15, -0.1) is 0 Å². The molecule has 3 aromatic rings. The quantitative estimate of drug-likeness (QED) is 0.776. The fourth-order valence-electron chi connectivity index (χ4n) is 2.72. The molecule has 3 rings (SSSR count). The third kappa shape index (κ3) is 2.50. The van der Waals surface area contributed by atoms with Crippen molar-refractivity contribution in [3.8, 4) is 5.75 Å². The van der Waals surface area contributed by atoms with Gasteiger partial charge in [0.15, 0.2) is 0 Å². The minimum Gasteiger partial charge on any atom is -0.497 e. The number of aliphatic hydroxyl groups is 1. The van der Waals surface area contributed by atoms with Gasteiger partial charge in [-0.3, -0.25) is 0 Å². The summed E-state index contributed by atoms with van der Waals surface area (Å²) in [4.78, 5) is 0. The van der Waals surface area contributed by atoms with E-state index in [4.69, 9.17) is 4.74 Å². The van der Waals surface area contributed by atoms with Crippen molar-refractivity contribution < 1.29 is 9.84 Å². The van der Waals surface area contributed by atoms with E-state index in [1.807, 2.05) is 43.3 Å². The Morgan fingerprint density at radius 1 is 0.905 bits per heavy atom. The molecular formula is C19H18O2. The molecule has 0 aliphatic carbocycles. The van der Waals surface area contributed by atoms with Crippen LogP contribution >= 0.6 is 0 Å². The predicted molar refractivity (Wildman–Crippen MR) is 85.7 cm³/mol. The fraction of sp³-hybridized carbons (Fsp3) is 0.158. The predicted octanol–water partition coefficient (Wildman–Crippen LogP) is 4.24. The molecule has 2 nitrogen and oxygen atoms in total. The number of ether oxygens (including phenoxy) is 1. The van der Waals surface area contributed by atoms with Crippen LogP contribution in [0.4, 0.5) is 0 Å². The molecule has 0 heterocycles. The van der Waals surface area contributed by atoms with Crippen molar-refractivity contribution in [1.82, 2.24) is 0 Å². The lowest BCUT2D eigenvalue weighted by Crippen LogP contribution is -2.03. The van der Waals surface area contributed by atoms with Gasteiger partial charge in [0.2, 0.25) is 0 Å². The highest BCUT2D eigenvalue weighted by Crippen LogP contribution is 2.32. The summed E-state index contributed by atoms with van der Waals surface area (Å²) in [7, 11) is 1.64. The van der Waals surface area contributed by atoms with Crippen LogP contribution < -0.4 is 4.74 Å². The molecule has 0 aliphatic heterocycles. The molecule has 1 atom stereocenters. The van der Waals surface area contributed by atoms with Gasteiger partial charge in [-0.2, -0.15) is 0 Å². The Morgan fingerprint density at radius 2 is 1.62 bits per heavy atom. The summed E-state index contributed by atoms with van der Waals surface area (Å²) in [5.74, 6) is 0.792. The SMILES string of the molecule is COc1ccc([C@@H](O)c2c(C)ccc3ccccc23)cc1. The van der Waals surface area contributed by atoms with E-state index in [2.05, 4.69) is 24.3 Å². The summed E-state index contributed by atoms with van der Waals surface area (Å²) in [6.07, 6.45) is -0.637. The van der Waals surface area contributed by atoms with Crippen molar-refractivity contribution >= 4 is 10.8 Å². The monoisotopic (exact) mass is 278 g/mol. The lowest BCUT2D eigenvalue weighted by atomic mass is 9.92. The van der Waals surface area contributed by atoms with Gasteiger partial charge >= 0.3 is 0 Å². The van der Waals surface area contributed by atoms with Crippen LogP contribution in [0.2, 0.25) is 0 Å². The third-order valence-electron chi connectivity index (χ3n) is 3.89. The van der Waals surface area contributed by atoms with E-state index >= 15 is 0 Å². The molecule has 0 aromatic heterocycles. The van der Waals surface area contributed by atoms with Gasteiger partial charge in [0.25, 0.3) is 0 Å². The highest BCUT2D eigenvalue weighted by Gasteiger charge is 2.16. The summed E-state index contributed by atoms with van der Waals surface area (Å²) >= 11 is 0. The highest BCUT2D eigenvalue weighted by molar-refractivity contribution is 5.87. The fourth-order valence-corrected chi connectivity index (χ4v) is 2.72. The molecule has 0 saturated heterocycles. The summed E-state index contributed by atoms with van der Waals surface area (Å²) in [6.45, 7) is 2.04. The van der Waals surface area contributed by atoms with Crippen LogP contribution in [0.25, 0.3) is 10.8 Å². The van der Waals surface area contributed by atoms with Gasteiger partial charge in [0, 0.05) is 0 Å². The second-order valence-electron chi connectivity index (χ2n) is 5.19. The van der Waals surface area contributed by atoms with Crippen LogP contribution in [0.5, 0.6) is 5.75 Å². The van der Waals surface area contributed by atoms with Gasteiger partial charge in [0.05, 0.1) is 7.11 Å². The molecule has 0 amide bonds. The van der Waals surface area contributed by atoms with Crippen LogP contribution in [-0.4, -0.2) is 12.2 Å². The van der Waals surface area contributed by atoms with Crippen LogP contribution in [0.3, 0.4) is 0 Å². The van der Waals surface area contributed by atoms with E-state index in [-0.39, 0.29) is 0 Å². The molecule has 0 saturated carbocycles. The summed E-state index contributed by atoms with van der Waals surface area (Å²) in [6, 6.07) is 19.9. The number of rotatable bonds is 3. The number of hydrogen-bond acceptors (Lipinski definition) is 2. The van der Waals surface area contributed by atoms with Crippen molar-refractivity contribution in [2.45, 2.75) is 13.0 Å². The molecular weight excluding hydrogens is 260 g/mol. The summed E-state index contributed by atoms with van der Waals surface area (Å²) in [5, 5.41) is 13.0. The van der Waals surface area contributed by atoms with Crippen molar-refractivity contribution in [2.24, 2.45) is 0 Å². The van der Waals surface area contributed by atoms with Gasteiger partial charge in [-0.25, -0.2) is 0 Å². The van der Waals surface area contributed by atoms with Crippen LogP contribution in [0.15, 0.2) is 60.7 Å². The highest BCUT2D eigenvalue weighted by atomic mass is 16.5. The molecule has 1 N–H and O–H groups in total. The van der Waals surface area contributed by atoms with Crippen LogP contribution in [-0.2, 0) is 0 Å². The lowest BCUT2D eigenvalue weighted by molar-refractivity contribution is 0.221. The zero-order chi connectivity index (χ0) is 14.8. The first-order valence-electron chi connectivity index (χ1n) is 7.01. The second-order valence-corrected chi connectivity index (χ2v) is 5.19. The standard InChI is InChI=1S/C19H18O2/c1-13-7-8-14-5-3-4-6-17(14)18(13)19(20)15-9-11-16(21-2)12-10-15/h3-12,19-20H,1-2H3/t19-/m1/s1. The molecule has 0 bridgehead atoms. The first kappa shape index (κ1) is 13.7. The number of fused-ring (bicyclic) bond motifs is 1. The Morgan fingerprint density at radius 3 is 2.33 bits per heavy atom. The van der Waals surface area contributed by atoms with E-state index in [1.54, 1.807) is 7.11 Å². The molecule has 0 radical (unpaired) electrons. The number of aliphatic hydroxyl groups excluding tert-OH is 1. The zero-order valence-electron chi connectivity index (χ0n) is 12.2. The van der Waals surface area contributed by atoms with E-state index in [1.165, 1.54) is 0 Å². The first-order valence-corrected chi connectivity index (χ1v) is 7.01. The average molecular weight is 278 g/mol. The normalized spacial score (nSPS) is 12.3. The van der Waals surface area contributed by atoms with Crippen LogP contribution in [0, 0.1) is 6.92 Å². The summed E-state index contributed by atoms with van der Waals surface area (Å²) < 4.78 is 5.17. The summed E-state index contributed by atoms with van der Waals surface area (Å²) in [5.41, 5.74) is 2.94. The van der Waals surface area contributed by atoms with Gasteiger partial charge in [-0.1, -0.05) is 48.5 Å². The Kier molecular flexibility index (Phi) is 3.63. The molecule has 2 heteroatoms. The van der Waals surface area contributed by atoms with E-state index in [9.17, 15) is 5.11 Å². The van der Waals surface area contributed by atoms with Crippen molar-refractivity contribution in [3.63, 3.8) is 0 Å².